The molecule has 5 heterocycles. The Balaban J connectivity index is 1.02. The predicted octanol–water partition coefficient (Wildman–Crippen LogP) is 3.81. The first-order valence-electron chi connectivity index (χ1n) is 15.5. The zero-order valence-corrected chi connectivity index (χ0v) is 25.1. The summed E-state index contributed by atoms with van der Waals surface area (Å²) in [7, 11) is 1.41. The molecule has 44 heavy (non-hydrogen) atoms. The molecule has 0 amide bonds. The van der Waals surface area contributed by atoms with E-state index < -0.39 is 0 Å². The molecule has 7 rings (SSSR count). The molecular formula is C34H37N7O3. The summed E-state index contributed by atoms with van der Waals surface area (Å²) < 4.78 is 12.9. The van der Waals surface area contributed by atoms with Gasteiger partial charge in [-0.05, 0) is 72.9 Å². The lowest BCUT2D eigenvalue weighted by Crippen LogP contribution is -2.46. The summed E-state index contributed by atoms with van der Waals surface area (Å²) >= 11 is 0. The number of anilines is 2. The Labute approximate surface area is 257 Å². The molecule has 10 nitrogen and oxygen atoms in total. The van der Waals surface area contributed by atoms with E-state index in [2.05, 4.69) is 49.6 Å². The maximum absolute atomic E-state index is 12.2. The second-order valence-corrected chi connectivity index (χ2v) is 11.8. The summed E-state index contributed by atoms with van der Waals surface area (Å²) in [4.78, 5) is 29.5. The molecule has 0 saturated carbocycles. The van der Waals surface area contributed by atoms with Crippen molar-refractivity contribution in [2.75, 3.05) is 62.8 Å². The molecule has 0 aliphatic carbocycles. The van der Waals surface area contributed by atoms with Crippen molar-refractivity contribution in [3.8, 4) is 6.07 Å². The van der Waals surface area contributed by atoms with E-state index in [0.29, 0.717) is 5.56 Å². The number of nitrogens with zero attached hydrogens (tertiary/aromatic N) is 7. The predicted molar refractivity (Wildman–Crippen MR) is 168 cm³/mol. The van der Waals surface area contributed by atoms with Crippen LogP contribution >= 0.6 is 0 Å². The minimum atomic E-state index is -0.343. The maximum atomic E-state index is 12.2. The lowest BCUT2D eigenvalue weighted by atomic mass is 10.0. The summed E-state index contributed by atoms with van der Waals surface area (Å²) in [5.74, 6) is 2.68. The second kappa shape index (κ2) is 12.3. The molecule has 0 N–H and O–H groups in total. The molecule has 2 saturated heterocycles. The number of fused-ring (bicyclic) bond motifs is 2. The van der Waals surface area contributed by atoms with E-state index in [9.17, 15) is 10.1 Å². The first kappa shape index (κ1) is 28.3. The molecule has 2 fully saturated rings. The number of methoxy groups -OCH3 is 1. The average molecular weight is 592 g/mol. The highest BCUT2D eigenvalue weighted by atomic mass is 16.5. The van der Waals surface area contributed by atoms with Crippen LogP contribution in [0.3, 0.4) is 0 Å². The first-order valence-corrected chi connectivity index (χ1v) is 15.5. The minimum Gasteiger partial charge on any atom is -0.465 e. The molecule has 3 aliphatic rings. The van der Waals surface area contributed by atoms with Crippen LogP contribution < -0.4 is 9.80 Å². The van der Waals surface area contributed by atoms with Gasteiger partial charge in [-0.3, -0.25) is 4.90 Å². The second-order valence-electron chi connectivity index (χ2n) is 11.8. The highest BCUT2D eigenvalue weighted by Gasteiger charge is 2.25. The molecule has 0 radical (unpaired) electrons. The minimum absolute atomic E-state index is 0.177. The maximum Gasteiger partial charge on any atom is 0.337 e. The van der Waals surface area contributed by atoms with Crippen LogP contribution in [0.5, 0.6) is 0 Å². The van der Waals surface area contributed by atoms with Gasteiger partial charge in [-0.1, -0.05) is 12.1 Å². The SMILES string of the molecule is COC(=O)c1ccc2nc(CN3CCN(c4cccc(N5CCc6ccc(C#N)cc6CC5)n4)CC3)n(C[C@@H]3CCO3)c2c1. The fourth-order valence-electron chi connectivity index (χ4n) is 6.50. The third kappa shape index (κ3) is 5.73. The van der Waals surface area contributed by atoms with Gasteiger partial charge in [-0.25, -0.2) is 14.8 Å². The lowest BCUT2D eigenvalue weighted by Gasteiger charge is -2.36. The van der Waals surface area contributed by atoms with Gasteiger partial charge in [0.1, 0.15) is 17.5 Å². The summed E-state index contributed by atoms with van der Waals surface area (Å²) in [6.07, 6.45) is 3.08. The Bertz CT molecular complexity index is 1720. The highest BCUT2D eigenvalue weighted by Crippen LogP contribution is 2.26. The summed E-state index contributed by atoms with van der Waals surface area (Å²) in [6, 6.07) is 20.3. The monoisotopic (exact) mass is 591 g/mol. The summed E-state index contributed by atoms with van der Waals surface area (Å²) in [6.45, 7) is 7.65. The number of nitriles is 1. The summed E-state index contributed by atoms with van der Waals surface area (Å²) in [5, 5.41) is 9.30. The molecule has 226 valence electrons. The Kier molecular flexibility index (Phi) is 7.90. The fourth-order valence-corrected chi connectivity index (χ4v) is 6.50. The molecule has 3 aliphatic heterocycles. The van der Waals surface area contributed by atoms with Crippen molar-refractivity contribution in [3.05, 3.63) is 82.7 Å². The van der Waals surface area contributed by atoms with E-state index in [0.717, 1.165) is 112 Å². The molecule has 0 spiro atoms. The van der Waals surface area contributed by atoms with Gasteiger partial charge >= 0.3 is 5.97 Å². The third-order valence-electron chi connectivity index (χ3n) is 9.17. The molecule has 2 aromatic heterocycles. The Morgan fingerprint density at radius 3 is 2.41 bits per heavy atom. The van der Waals surface area contributed by atoms with Crippen LogP contribution in [0.1, 0.15) is 39.3 Å². The number of aromatic nitrogens is 3. The summed E-state index contributed by atoms with van der Waals surface area (Å²) in [5.41, 5.74) is 5.69. The lowest BCUT2D eigenvalue weighted by molar-refractivity contribution is -0.0592. The number of ether oxygens (including phenoxy) is 2. The molecule has 4 aromatic rings. The van der Waals surface area contributed by atoms with E-state index in [1.807, 2.05) is 24.3 Å². The fraction of sp³-hybridized carbons (Fsp3) is 0.412. The van der Waals surface area contributed by atoms with Crippen molar-refractivity contribution in [3.63, 3.8) is 0 Å². The molecular weight excluding hydrogens is 554 g/mol. The van der Waals surface area contributed by atoms with Crippen LogP contribution in [0.15, 0.2) is 54.6 Å². The molecule has 10 heteroatoms. The standard InChI is InChI=1S/C34H37N7O3/c1-43-34(42)27-7-8-29-30(20-27)41(22-28-11-18-44-28)33(36-29)23-38-14-16-40(17-15-38)32-4-2-3-31(37-32)39-12-9-25-6-5-24(21-35)19-26(25)10-13-39/h2-8,19-20,28H,9-18,22-23H2,1H3/t28-/m0/s1. The Hall–Kier alpha value is -4.46. The number of rotatable bonds is 7. The van der Waals surface area contributed by atoms with E-state index >= 15 is 0 Å². The Morgan fingerprint density at radius 2 is 1.70 bits per heavy atom. The molecule has 0 unspecified atom stereocenters. The average Bonchev–Trinajstić information content (AvgIpc) is 3.23. The van der Waals surface area contributed by atoms with Gasteiger partial charge in [0.25, 0.3) is 0 Å². The smallest absolute Gasteiger partial charge is 0.337 e. The van der Waals surface area contributed by atoms with E-state index in [-0.39, 0.29) is 12.1 Å². The van der Waals surface area contributed by atoms with Crippen molar-refractivity contribution in [2.45, 2.75) is 38.5 Å². The van der Waals surface area contributed by atoms with Crippen molar-refractivity contribution in [1.29, 1.82) is 5.26 Å². The van der Waals surface area contributed by atoms with Gasteiger partial charge in [0.15, 0.2) is 0 Å². The molecule has 0 bridgehead atoms. The van der Waals surface area contributed by atoms with Crippen LogP contribution in [-0.4, -0.2) is 84.5 Å². The van der Waals surface area contributed by atoms with E-state index in [1.54, 1.807) is 6.07 Å². The van der Waals surface area contributed by atoms with Crippen LogP contribution in [0, 0.1) is 11.3 Å². The number of carbonyl (C=O) groups excluding carboxylic acids is 1. The van der Waals surface area contributed by atoms with Crippen LogP contribution in [0.2, 0.25) is 0 Å². The number of imidazole rings is 1. The first-order chi connectivity index (χ1) is 21.6. The van der Waals surface area contributed by atoms with Gasteiger partial charge in [0.05, 0.1) is 54.5 Å². The van der Waals surface area contributed by atoms with Gasteiger partial charge in [0.2, 0.25) is 0 Å². The number of hydrogen-bond acceptors (Lipinski definition) is 9. The Morgan fingerprint density at radius 1 is 0.955 bits per heavy atom. The van der Waals surface area contributed by atoms with E-state index in [1.165, 1.54) is 18.2 Å². The van der Waals surface area contributed by atoms with Crippen LogP contribution in [0.4, 0.5) is 11.6 Å². The zero-order valence-electron chi connectivity index (χ0n) is 25.1. The topological polar surface area (TPSA) is 99.8 Å². The van der Waals surface area contributed by atoms with E-state index in [4.69, 9.17) is 19.4 Å². The van der Waals surface area contributed by atoms with Crippen molar-refractivity contribution in [2.24, 2.45) is 0 Å². The molecule has 1 atom stereocenters. The highest BCUT2D eigenvalue weighted by molar-refractivity contribution is 5.93. The zero-order chi connectivity index (χ0) is 30.0. The van der Waals surface area contributed by atoms with Crippen LogP contribution in [0.25, 0.3) is 11.0 Å². The van der Waals surface area contributed by atoms with Gasteiger partial charge in [0, 0.05) is 45.9 Å². The van der Waals surface area contributed by atoms with Crippen molar-refractivity contribution < 1.29 is 14.3 Å². The molecule has 2 aromatic carbocycles. The van der Waals surface area contributed by atoms with Crippen molar-refractivity contribution >= 4 is 28.6 Å². The number of benzene rings is 2. The number of pyridine rings is 1. The van der Waals surface area contributed by atoms with Gasteiger partial charge in [-0.2, -0.15) is 5.26 Å². The quantitative estimate of drug-likeness (QED) is 0.297. The normalized spacial score (nSPS) is 18.8. The largest absolute Gasteiger partial charge is 0.465 e. The number of piperazine rings is 1. The third-order valence-corrected chi connectivity index (χ3v) is 9.17. The number of esters is 1. The van der Waals surface area contributed by atoms with Crippen molar-refractivity contribution in [1.82, 2.24) is 19.4 Å². The van der Waals surface area contributed by atoms with Crippen LogP contribution in [-0.2, 0) is 35.4 Å². The number of carbonyl (C=O) groups is 1. The number of hydrogen-bond donors (Lipinski definition) is 0. The van der Waals surface area contributed by atoms with Gasteiger partial charge < -0.3 is 23.8 Å². The van der Waals surface area contributed by atoms with Gasteiger partial charge in [-0.15, -0.1) is 0 Å².